The number of hydrogen-bond donors (Lipinski definition) is 1. The van der Waals surface area contributed by atoms with E-state index < -0.39 is 17.7 Å². The number of carbonyl (C=O) groups excluding carboxylic acids is 2. The van der Waals surface area contributed by atoms with Crippen LogP contribution < -0.4 is 9.47 Å². The number of thiophene rings is 1. The lowest BCUT2D eigenvalue weighted by Crippen LogP contribution is -2.29. The van der Waals surface area contributed by atoms with Crippen LogP contribution in [0.5, 0.6) is 11.5 Å². The minimum Gasteiger partial charge on any atom is -0.507 e. The highest BCUT2D eigenvalue weighted by atomic mass is 32.1. The summed E-state index contributed by atoms with van der Waals surface area (Å²) in [6.07, 6.45) is 1.64. The molecule has 1 aromatic carbocycles. The summed E-state index contributed by atoms with van der Waals surface area (Å²) >= 11 is 1.42. The van der Waals surface area contributed by atoms with Crippen molar-refractivity contribution < 1.29 is 24.2 Å². The number of hydrogen-bond acceptors (Lipinski definition) is 7. The monoisotopic (exact) mass is 420 g/mol. The average molecular weight is 420 g/mol. The predicted octanol–water partition coefficient (Wildman–Crippen LogP) is 3.49. The number of ether oxygens (including phenoxy) is 2. The molecule has 0 radical (unpaired) electrons. The SMILES string of the molecule is O=C1C(=O)N(Cc2ccccn2)C(c2cccs2)/C1=C(/O)c1ccc2c(c1)OCO2. The third kappa shape index (κ3) is 3.02. The van der Waals surface area contributed by atoms with Gasteiger partial charge >= 0.3 is 0 Å². The normalized spacial score (nSPS) is 19.5. The Morgan fingerprint density at radius 3 is 2.77 bits per heavy atom. The van der Waals surface area contributed by atoms with E-state index in [1.807, 2.05) is 23.6 Å². The molecule has 1 saturated heterocycles. The Morgan fingerprint density at radius 2 is 2.00 bits per heavy atom. The molecule has 2 aliphatic rings. The zero-order valence-corrected chi connectivity index (χ0v) is 16.5. The number of likely N-dealkylation sites (tertiary alicyclic amines) is 1. The van der Waals surface area contributed by atoms with Gasteiger partial charge in [-0.2, -0.15) is 0 Å². The van der Waals surface area contributed by atoms with Crippen molar-refractivity contribution in [3.8, 4) is 11.5 Å². The van der Waals surface area contributed by atoms with Crippen molar-refractivity contribution in [2.75, 3.05) is 6.79 Å². The first kappa shape index (κ1) is 18.4. The zero-order valence-electron chi connectivity index (χ0n) is 15.6. The maximum Gasteiger partial charge on any atom is 0.296 e. The van der Waals surface area contributed by atoms with Gasteiger partial charge in [0.05, 0.1) is 17.8 Å². The van der Waals surface area contributed by atoms with Crippen LogP contribution >= 0.6 is 11.3 Å². The molecule has 1 amide bonds. The van der Waals surface area contributed by atoms with E-state index in [9.17, 15) is 14.7 Å². The van der Waals surface area contributed by atoms with Crippen molar-refractivity contribution in [1.29, 1.82) is 0 Å². The van der Waals surface area contributed by atoms with Gasteiger partial charge in [-0.15, -0.1) is 11.3 Å². The van der Waals surface area contributed by atoms with Gasteiger partial charge in [0.1, 0.15) is 11.8 Å². The molecular weight excluding hydrogens is 404 g/mol. The summed E-state index contributed by atoms with van der Waals surface area (Å²) in [7, 11) is 0. The molecule has 1 N–H and O–H groups in total. The van der Waals surface area contributed by atoms with Crippen molar-refractivity contribution in [2.24, 2.45) is 0 Å². The Labute approximate surface area is 175 Å². The molecule has 0 bridgehead atoms. The number of amides is 1. The highest BCUT2D eigenvalue weighted by Gasteiger charge is 2.46. The van der Waals surface area contributed by atoms with Gasteiger partial charge < -0.3 is 19.5 Å². The number of ketones is 1. The number of aliphatic hydroxyl groups excluding tert-OH is 1. The number of aliphatic hydroxyl groups is 1. The predicted molar refractivity (Wildman–Crippen MR) is 109 cm³/mol. The molecule has 150 valence electrons. The average Bonchev–Trinajstić information content (AvgIpc) is 3.50. The number of carbonyl (C=O) groups is 2. The van der Waals surface area contributed by atoms with Crippen LogP contribution in [0.4, 0.5) is 0 Å². The molecule has 0 spiro atoms. The molecule has 5 rings (SSSR count). The van der Waals surface area contributed by atoms with Crippen LogP contribution in [0.3, 0.4) is 0 Å². The van der Waals surface area contributed by atoms with Gasteiger partial charge in [0, 0.05) is 16.6 Å². The van der Waals surface area contributed by atoms with E-state index in [-0.39, 0.29) is 24.7 Å². The zero-order chi connectivity index (χ0) is 20.7. The summed E-state index contributed by atoms with van der Waals surface area (Å²) in [5.74, 6) is -0.583. The quantitative estimate of drug-likeness (QED) is 0.395. The highest BCUT2D eigenvalue weighted by molar-refractivity contribution is 7.10. The fourth-order valence-electron chi connectivity index (χ4n) is 3.65. The number of nitrogens with zero attached hydrogens (tertiary/aromatic N) is 2. The van der Waals surface area contributed by atoms with Crippen molar-refractivity contribution in [2.45, 2.75) is 12.6 Å². The lowest BCUT2D eigenvalue weighted by Gasteiger charge is -2.23. The third-order valence-electron chi connectivity index (χ3n) is 5.06. The lowest BCUT2D eigenvalue weighted by molar-refractivity contribution is -0.140. The highest BCUT2D eigenvalue weighted by Crippen LogP contribution is 2.43. The smallest absolute Gasteiger partial charge is 0.296 e. The summed E-state index contributed by atoms with van der Waals surface area (Å²) in [5, 5.41) is 12.9. The molecule has 8 heteroatoms. The van der Waals surface area contributed by atoms with Crippen LogP contribution in [0.2, 0.25) is 0 Å². The summed E-state index contributed by atoms with van der Waals surface area (Å²) in [4.78, 5) is 32.4. The van der Waals surface area contributed by atoms with Crippen LogP contribution in [0.1, 0.15) is 22.2 Å². The number of benzene rings is 1. The first-order valence-electron chi connectivity index (χ1n) is 9.25. The van der Waals surface area contributed by atoms with Crippen molar-refractivity contribution in [3.05, 3.63) is 81.8 Å². The topological polar surface area (TPSA) is 89.0 Å². The molecule has 0 saturated carbocycles. The number of Topliss-reactive ketones (excluding diaryl/α,β-unsaturated/α-hetero) is 1. The van der Waals surface area contributed by atoms with Gasteiger partial charge in [-0.1, -0.05) is 12.1 Å². The van der Waals surface area contributed by atoms with Crippen LogP contribution in [0, 0.1) is 0 Å². The first-order chi connectivity index (χ1) is 14.6. The first-order valence-corrected chi connectivity index (χ1v) is 10.1. The Kier molecular flexibility index (Phi) is 4.48. The van der Waals surface area contributed by atoms with Gasteiger partial charge in [-0.3, -0.25) is 14.6 Å². The second-order valence-electron chi connectivity index (χ2n) is 6.83. The third-order valence-corrected chi connectivity index (χ3v) is 5.98. The summed E-state index contributed by atoms with van der Waals surface area (Å²) in [5.41, 5.74) is 1.10. The maximum atomic E-state index is 13.0. The molecule has 4 heterocycles. The van der Waals surface area contributed by atoms with Crippen LogP contribution in [0.25, 0.3) is 5.76 Å². The van der Waals surface area contributed by atoms with Crippen molar-refractivity contribution >= 4 is 28.8 Å². The molecule has 2 aliphatic heterocycles. The number of rotatable bonds is 4. The minimum absolute atomic E-state index is 0.0530. The molecule has 1 unspecified atom stereocenters. The molecule has 3 aromatic rings. The molecule has 7 nitrogen and oxygen atoms in total. The molecule has 1 fully saturated rings. The van der Waals surface area contributed by atoms with Gasteiger partial charge in [0.2, 0.25) is 6.79 Å². The Morgan fingerprint density at radius 1 is 1.13 bits per heavy atom. The number of pyridine rings is 1. The van der Waals surface area contributed by atoms with E-state index in [1.165, 1.54) is 16.2 Å². The molecule has 2 aromatic heterocycles. The largest absolute Gasteiger partial charge is 0.507 e. The Bertz CT molecular complexity index is 1160. The van der Waals surface area contributed by atoms with Crippen molar-refractivity contribution in [3.63, 3.8) is 0 Å². The molecule has 0 aliphatic carbocycles. The van der Waals surface area contributed by atoms with E-state index in [0.29, 0.717) is 22.8 Å². The fraction of sp³-hybridized carbons (Fsp3) is 0.136. The molecule has 30 heavy (non-hydrogen) atoms. The van der Waals surface area contributed by atoms with Gasteiger partial charge in [-0.05, 0) is 41.8 Å². The molecular formula is C22H16N2O5S. The Hall–Kier alpha value is -3.65. The summed E-state index contributed by atoms with van der Waals surface area (Å²) in [6.45, 7) is 0.259. The van der Waals surface area contributed by atoms with E-state index in [0.717, 1.165) is 4.88 Å². The van der Waals surface area contributed by atoms with Crippen LogP contribution in [-0.4, -0.2) is 33.5 Å². The van der Waals surface area contributed by atoms with Gasteiger partial charge in [-0.25, -0.2) is 0 Å². The molecule has 1 atom stereocenters. The van der Waals surface area contributed by atoms with E-state index in [1.54, 1.807) is 36.5 Å². The standard InChI is InChI=1S/C22H16N2O5S/c25-20(13-6-7-15-16(10-13)29-12-28-15)18-19(17-5-3-9-30-17)24(22(27)21(18)26)11-14-4-1-2-8-23-14/h1-10,19,25H,11-12H2/b20-18-. The lowest BCUT2D eigenvalue weighted by atomic mass is 9.99. The summed E-state index contributed by atoms with van der Waals surface area (Å²) < 4.78 is 10.7. The second-order valence-corrected chi connectivity index (χ2v) is 7.81. The van der Waals surface area contributed by atoms with Gasteiger partial charge in [0.15, 0.2) is 11.5 Å². The summed E-state index contributed by atoms with van der Waals surface area (Å²) in [6, 6.07) is 13.3. The fourth-order valence-corrected chi connectivity index (χ4v) is 4.50. The van der Waals surface area contributed by atoms with E-state index in [2.05, 4.69) is 4.98 Å². The number of fused-ring (bicyclic) bond motifs is 1. The van der Waals surface area contributed by atoms with Crippen molar-refractivity contribution in [1.82, 2.24) is 9.88 Å². The van der Waals surface area contributed by atoms with Gasteiger partial charge in [0.25, 0.3) is 11.7 Å². The van der Waals surface area contributed by atoms with Crippen LogP contribution in [0.15, 0.2) is 65.7 Å². The van der Waals surface area contributed by atoms with E-state index in [4.69, 9.17) is 9.47 Å². The van der Waals surface area contributed by atoms with E-state index >= 15 is 0 Å². The second kappa shape index (κ2) is 7.31. The van der Waals surface area contributed by atoms with Crippen LogP contribution in [-0.2, 0) is 16.1 Å². The number of aromatic nitrogens is 1. The minimum atomic E-state index is -0.723. The Balaban J connectivity index is 1.61. The maximum absolute atomic E-state index is 13.0.